The van der Waals surface area contributed by atoms with Crippen LogP contribution in [0.2, 0.25) is 0 Å². The second-order valence-electron chi connectivity index (χ2n) is 5.46. The van der Waals surface area contributed by atoms with Crippen molar-refractivity contribution in [1.82, 2.24) is 15.1 Å². The van der Waals surface area contributed by atoms with Crippen molar-refractivity contribution in [3.05, 3.63) is 58.5 Å². The number of amides is 1. The topological polar surface area (TPSA) is 90.0 Å². The number of carbonyl (C=O) groups is 1. The fourth-order valence-electron chi connectivity index (χ4n) is 2.40. The highest BCUT2D eigenvalue weighted by molar-refractivity contribution is 5.92. The molecule has 3 N–H and O–H groups in total. The monoisotopic (exact) mass is 334 g/mol. The molecule has 2 aromatic rings. The summed E-state index contributed by atoms with van der Waals surface area (Å²) in [4.78, 5) is 24.2. The maximum absolute atomic E-state index is 12.3. The minimum atomic E-state index is -0.299. The van der Waals surface area contributed by atoms with Crippen LogP contribution in [0.3, 0.4) is 0 Å². The van der Waals surface area contributed by atoms with Gasteiger partial charge in [-0.05, 0) is 37.0 Å². The predicted molar refractivity (Wildman–Crippen MR) is 90.1 cm³/mol. The Kier molecular flexibility index (Phi) is 5.52. The number of para-hydroxylation sites is 1. The zero-order valence-electron chi connectivity index (χ0n) is 12.5. The maximum atomic E-state index is 12.3. The van der Waals surface area contributed by atoms with Gasteiger partial charge in [-0.3, -0.25) is 9.59 Å². The van der Waals surface area contributed by atoms with E-state index in [9.17, 15) is 9.59 Å². The van der Waals surface area contributed by atoms with E-state index in [1.807, 2.05) is 18.2 Å². The van der Waals surface area contributed by atoms with Gasteiger partial charge in [0, 0.05) is 18.7 Å². The molecule has 0 aliphatic heterocycles. The second-order valence-corrected chi connectivity index (χ2v) is 5.46. The number of rotatable bonds is 5. The van der Waals surface area contributed by atoms with E-state index in [2.05, 4.69) is 10.4 Å². The third-order valence-electron chi connectivity index (χ3n) is 3.80. The molecule has 1 heterocycles. The maximum Gasteiger partial charge on any atom is 0.272 e. The van der Waals surface area contributed by atoms with Crippen molar-refractivity contribution in [3.63, 3.8) is 0 Å². The first-order valence-corrected chi connectivity index (χ1v) is 7.36. The molecule has 7 heteroatoms. The third-order valence-corrected chi connectivity index (χ3v) is 3.80. The quantitative estimate of drug-likeness (QED) is 0.857. The number of hydrogen-bond donors (Lipinski definition) is 2. The number of nitrogens with zero attached hydrogens (tertiary/aromatic N) is 2. The van der Waals surface area contributed by atoms with Gasteiger partial charge in [0.2, 0.25) is 0 Å². The fourth-order valence-corrected chi connectivity index (χ4v) is 2.40. The molecule has 23 heavy (non-hydrogen) atoms. The molecule has 1 aliphatic rings. The van der Waals surface area contributed by atoms with E-state index in [4.69, 9.17) is 5.73 Å². The normalized spacial score (nSPS) is 14.7. The summed E-state index contributed by atoms with van der Waals surface area (Å²) in [5.74, 6) is 0.168. The summed E-state index contributed by atoms with van der Waals surface area (Å²) in [5, 5.41) is 7.06. The SMILES string of the molecule is Cl.NCC(NC(=O)c1ccc(=O)n(-c2ccccc2)n1)C1CC1. The number of halogens is 1. The van der Waals surface area contributed by atoms with Gasteiger partial charge in [-0.1, -0.05) is 18.2 Å². The van der Waals surface area contributed by atoms with Crippen LogP contribution in [0, 0.1) is 5.92 Å². The van der Waals surface area contributed by atoms with Crippen molar-refractivity contribution in [2.45, 2.75) is 18.9 Å². The lowest BCUT2D eigenvalue weighted by Crippen LogP contribution is -2.42. The third kappa shape index (κ3) is 3.97. The Morgan fingerprint density at radius 1 is 1.26 bits per heavy atom. The molecule has 6 nitrogen and oxygen atoms in total. The molecule has 0 radical (unpaired) electrons. The summed E-state index contributed by atoms with van der Waals surface area (Å²) < 4.78 is 1.23. The number of benzene rings is 1. The van der Waals surface area contributed by atoms with Crippen LogP contribution in [-0.4, -0.2) is 28.3 Å². The van der Waals surface area contributed by atoms with E-state index >= 15 is 0 Å². The molecule has 0 spiro atoms. The lowest BCUT2D eigenvalue weighted by atomic mass is 10.2. The zero-order chi connectivity index (χ0) is 15.5. The minimum Gasteiger partial charge on any atom is -0.346 e. The van der Waals surface area contributed by atoms with E-state index < -0.39 is 0 Å². The van der Waals surface area contributed by atoms with Gasteiger partial charge in [0.15, 0.2) is 0 Å². The highest BCUT2D eigenvalue weighted by atomic mass is 35.5. The molecule has 1 amide bonds. The molecule has 1 aliphatic carbocycles. The highest BCUT2D eigenvalue weighted by Crippen LogP contribution is 2.32. The molecular formula is C16H19ClN4O2. The van der Waals surface area contributed by atoms with Gasteiger partial charge in [0.25, 0.3) is 11.5 Å². The number of nitrogens with one attached hydrogen (secondary N) is 1. The van der Waals surface area contributed by atoms with Gasteiger partial charge in [-0.15, -0.1) is 12.4 Å². The smallest absolute Gasteiger partial charge is 0.272 e. The molecule has 122 valence electrons. The molecular weight excluding hydrogens is 316 g/mol. The molecule has 3 rings (SSSR count). The van der Waals surface area contributed by atoms with Gasteiger partial charge in [0.1, 0.15) is 5.69 Å². The summed E-state index contributed by atoms with van der Waals surface area (Å²) in [6, 6.07) is 11.8. The molecule has 0 bridgehead atoms. The minimum absolute atomic E-state index is 0. The van der Waals surface area contributed by atoms with Crippen molar-refractivity contribution >= 4 is 18.3 Å². The Labute approximate surface area is 140 Å². The largest absolute Gasteiger partial charge is 0.346 e. The van der Waals surface area contributed by atoms with E-state index in [-0.39, 0.29) is 35.6 Å². The van der Waals surface area contributed by atoms with Crippen molar-refractivity contribution in [1.29, 1.82) is 0 Å². The van der Waals surface area contributed by atoms with E-state index in [0.717, 1.165) is 12.8 Å². The molecule has 1 unspecified atom stereocenters. The van der Waals surface area contributed by atoms with E-state index in [1.165, 1.54) is 16.8 Å². The van der Waals surface area contributed by atoms with Crippen LogP contribution in [0.15, 0.2) is 47.3 Å². The van der Waals surface area contributed by atoms with Crippen molar-refractivity contribution in [2.24, 2.45) is 11.7 Å². The van der Waals surface area contributed by atoms with Crippen LogP contribution in [0.25, 0.3) is 5.69 Å². The van der Waals surface area contributed by atoms with Crippen molar-refractivity contribution in [3.8, 4) is 5.69 Å². The standard InChI is InChI=1S/C16H18N4O2.ClH/c17-10-14(11-6-7-11)18-16(22)13-8-9-15(21)20(19-13)12-4-2-1-3-5-12;/h1-5,8-9,11,14H,6-7,10,17H2,(H,18,22);1H. The Balaban J connectivity index is 0.00000192. The lowest BCUT2D eigenvalue weighted by Gasteiger charge is -2.15. The van der Waals surface area contributed by atoms with Crippen molar-refractivity contribution < 1.29 is 4.79 Å². The fraction of sp³-hybridized carbons (Fsp3) is 0.312. The molecule has 1 aromatic heterocycles. The van der Waals surface area contributed by atoms with Gasteiger partial charge >= 0.3 is 0 Å². The van der Waals surface area contributed by atoms with Gasteiger partial charge in [-0.2, -0.15) is 9.78 Å². The van der Waals surface area contributed by atoms with E-state index in [1.54, 1.807) is 12.1 Å². The molecule has 1 fully saturated rings. The Bertz CT molecular complexity index is 728. The molecule has 1 saturated carbocycles. The first kappa shape index (κ1) is 17.2. The van der Waals surface area contributed by atoms with Gasteiger partial charge in [-0.25, -0.2) is 0 Å². The van der Waals surface area contributed by atoms with Gasteiger partial charge in [0.05, 0.1) is 5.69 Å². The van der Waals surface area contributed by atoms with Crippen LogP contribution < -0.4 is 16.6 Å². The highest BCUT2D eigenvalue weighted by Gasteiger charge is 2.31. The lowest BCUT2D eigenvalue weighted by molar-refractivity contribution is 0.0926. The number of nitrogens with two attached hydrogens (primary N) is 1. The second kappa shape index (κ2) is 7.39. The van der Waals surface area contributed by atoms with Gasteiger partial charge < -0.3 is 11.1 Å². The average molecular weight is 335 g/mol. The van der Waals surface area contributed by atoms with Crippen LogP contribution in [0.1, 0.15) is 23.3 Å². The Hall–Kier alpha value is -2.18. The number of aromatic nitrogens is 2. The molecule has 1 atom stereocenters. The Morgan fingerprint density at radius 2 is 1.96 bits per heavy atom. The summed E-state index contributed by atoms with van der Waals surface area (Å²) in [6.07, 6.45) is 2.19. The summed E-state index contributed by atoms with van der Waals surface area (Å²) in [6.45, 7) is 0.411. The number of hydrogen-bond acceptors (Lipinski definition) is 4. The zero-order valence-corrected chi connectivity index (χ0v) is 13.3. The average Bonchev–Trinajstić information content (AvgIpc) is 3.38. The summed E-state index contributed by atoms with van der Waals surface area (Å²) in [7, 11) is 0. The predicted octanol–water partition coefficient (Wildman–Crippen LogP) is 1.12. The van der Waals surface area contributed by atoms with Crippen LogP contribution in [-0.2, 0) is 0 Å². The van der Waals surface area contributed by atoms with Crippen LogP contribution in [0.5, 0.6) is 0 Å². The summed E-state index contributed by atoms with van der Waals surface area (Å²) >= 11 is 0. The first-order chi connectivity index (χ1) is 10.7. The molecule has 1 aromatic carbocycles. The molecule has 0 saturated heterocycles. The summed E-state index contributed by atoms with van der Waals surface area (Å²) in [5.41, 5.74) is 6.25. The van der Waals surface area contributed by atoms with Crippen LogP contribution >= 0.6 is 12.4 Å². The van der Waals surface area contributed by atoms with E-state index in [0.29, 0.717) is 18.2 Å². The van der Waals surface area contributed by atoms with Crippen LogP contribution in [0.4, 0.5) is 0 Å². The van der Waals surface area contributed by atoms with Crippen molar-refractivity contribution in [2.75, 3.05) is 6.54 Å². The number of carbonyl (C=O) groups excluding carboxylic acids is 1. The Morgan fingerprint density at radius 3 is 2.57 bits per heavy atom. The first-order valence-electron chi connectivity index (χ1n) is 7.36.